The van der Waals surface area contributed by atoms with E-state index in [4.69, 9.17) is 4.98 Å². The summed E-state index contributed by atoms with van der Waals surface area (Å²) in [5, 5.41) is 1.90. The van der Waals surface area contributed by atoms with Crippen LogP contribution in [0.4, 0.5) is 4.39 Å². The van der Waals surface area contributed by atoms with Crippen LogP contribution in [-0.4, -0.2) is 20.8 Å². The Balaban J connectivity index is 1.57. The number of fused-ring (bicyclic) bond motifs is 1. The minimum absolute atomic E-state index is 0.108. The number of rotatable bonds is 8. The zero-order valence-electron chi connectivity index (χ0n) is 18.7. The van der Waals surface area contributed by atoms with Gasteiger partial charge in [0, 0.05) is 24.5 Å². The van der Waals surface area contributed by atoms with Crippen molar-refractivity contribution in [2.45, 2.75) is 46.2 Å². The molecule has 0 atom stereocenters. The molecule has 0 fully saturated rings. The van der Waals surface area contributed by atoms with E-state index in [0.717, 1.165) is 36.5 Å². The van der Waals surface area contributed by atoms with Gasteiger partial charge in [0.1, 0.15) is 5.82 Å². The first-order valence-corrected chi connectivity index (χ1v) is 11.9. The first-order chi connectivity index (χ1) is 15.4. The van der Waals surface area contributed by atoms with Crippen molar-refractivity contribution in [3.05, 3.63) is 93.0 Å². The molecule has 0 aliphatic rings. The number of hydrogen-bond acceptors (Lipinski definition) is 4. The van der Waals surface area contributed by atoms with Gasteiger partial charge >= 0.3 is 0 Å². The molecular formula is C26H28FN3OS. The van der Waals surface area contributed by atoms with Crippen molar-refractivity contribution >= 4 is 16.3 Å². The second kappa shape index (κ2) is 9.76. The van der Waals surface area contributed by atoms with Crippen LogP contribution in [0.2, 0.25) is 0 Å². The van der Waals surface area contributed by atoms with E-state index in [0.29, 0.717) is 17.4 Å². The molecule has 0 aliphatic carbocycles. The number of hydrogen-bond donors (Lipinski definition) is 0. The van der Waals surface area contributed by atoms with Crippen molar-refractivity contribution in [2.75, 3.05) is 6.54 Å². The predicted octanol–water partition coefficient (Wildman–Crippen LogP) is 6.10. The maximum atomic E-state index is 13.3. The van der Waals surface area contributed by atoms with E-state index < -0.39 is 0 Å². The third-order valence-electron chi connectivity index (χ3n) is 5.58. The zero-order chi connectivity index (χ0) is 22.7. The van der Waals surface area contributed by atoms with Gasteiger partial charge in [-0.3, -0.25) is 14.1 Å². The summed E-state index contributed by atoms with van der Waals surface area (Å²) >= 11 is 1.43. The first kappa shape index (κ1) is 22.4. The SMILES string of the molecule is CCCN(Cc1ccc(C(C)C)cc1)Cc1cc(=O)n2c(-c3ccc(F)cc3)csc2n1. The molecule has 0 aliphatic heterocycles. The molecule has 0 unspecified atom stereocenters. The average Bonchev–Trinajstić information content (AvgIpc) is 3.19. The summed E-state index contributed by atoms with van der Waals surface area (Å²) in [6, 6.07) is 16.6. The third-order valence-corrected chi connectivity index (χ3v) is 6.40. The van der Waals surface area contributed by atoms with Crippen LogP contribution in [0.1, 0.15) is 49.9 Å². The second-order valence-electron chi connectivity index (χ2n) is 8.44. The van der Waals surface area contributed by atoms with Crippen molar-refractivity contribution in [3.8, 4) is 11.3 Å². The van der Waals surface area contributed by atoms with Crippen molar-refractivity contribution in [3.63, 3.8) is 0 Å². The molecule has 4 nitrogen and oxygen atoms in total. The van der Waals surface area contributed by atoms with Crippen molar-refractivity contribution in [1.29, 1.82) is 0 Å². The van der Waals surface area contributed by atoms with E-state index in [1.165, 1.54) is 34.6 Å². The smallest absolute Gasteiger partial charge is 0.259 e. The molecule has 2 aromatic heterocycles. The Hall–Kier alpha value is -2.83. The number of nitrogens with zero attached hydrogens (tertiary/aromatic N) is 3. The molecule has 2 aromatic carbocycles. The molecule has 0 bridgehead atoms. The van der Waals surface area contributed by atoms with Crippen LogP contribution in [0.25, 0.3) is 16.2 Å². The fourth-order valence-electron chi connectivity index (χ4n) is 3.89. The lowest BCUT2D eigenvalue weighted by molar-refractivity contribution is 0.254. The van der Waals surface area contributed by atoms with Gasteiger partial charge < -0.3 is 0 Å². The van der Waals surface area contributed by atoms with E-state index in [1.807, 2.05) is 5.38 Å². The van der Waals surface area contributed by atoms with E-state index in [-0.39, 0.29) is 11.4 Å². The normalized spacial score (nSPS) is 11.7. The fourth-order valence-corrected chi connectivity index (χ4v) is 4.82. The van der Waals surface area contributed by atoms with E-state index in [1.54, 1.807) is 22.6 Å². The highest BCUT2D eigenvalue weighted by Gasteiger charge is 2.14. The monoisotopic (exact) mass is 449 g/mol. The highest BCUT2D eigenvalue weighted by molar-refractivity contribution is 7.15. The minimum atomic E-state index is -0.295. The Morgan fingerprint density at radius 2 is 1.78 bits per heavy atom. The van der Waals surface area contributed by atoms with Crippen LogP contribution < -0.4 is 5.56 Å². The maximum Gasteiger partial charge on any atom is 0.259 e. The molecule has 0 spiro atoms. The Morgan fingerprint density at radius 3 is 2.44 bits per heavy atom. The summed E-state index contributed by atoms with van der Waals surface area (Å²) in [5.74, 6) is 0.223. The summed E-state index contributed by atoms with van der Waals surface area (Å²) < 4.78 is 14.9. The van der Waals surface area contributed by atoms with Gasteiger partial charge in [-0.1, -0.05) is 45.0 Å². The standard InChI is InChI=1S/C26H28FN3OS/c1-4-13-29(15-19-5-7-20(8-6-19)18(2)3)16-23-14-25(31)30-24(17-32-26(30)28-23)21-9-11-22(27)12-10-21/h5-12,14,17-18H,4,13,15-16H2,1-3H3. The zero-order valence-corrected chi connectivity index (χ0v) is 19.5. The highest BCUT2D eigenvalue weighted by atomic mass is 32.1. The summed E-state index contributed by atoms with van der Waals surface area (Å²) in [6.45, 7) is 8.93. The van der Waals surface area contributed by atoms with Crippen LogP contribution in [0.5, 0.6) is 0 Å². The maximum absolute atomic E-state index is 13.3. The molecule has 4 aromatic rings. The molecule has 0 radical (unpaired) electrons. The van der Waals surface area contributed by atoms with Gasteiger partial charge in [0.15, 0.2) is 4.96 Å². The highest BCUT2D eigenvalue weighted by Crippen LogP contribution is 2.24. The Bertz CT molecular complexity index is 1240. The summed E-state index contributed by atoms with van der Waals surface area (Å²) in [6.07, 6.45) is 1.03. The lowest BCUT2D eigenvalue weighted by atomic mass is 10.0. The van der Waals surface area contributed by atoms with Gasteiger partial charge in [0.25, 0.3) is 5.56 Å². The van der Waals surface area contributed by atoms with Crippen LogP contribution >= 0.6 is 11.3 Å². The Kier molecular flexibility index (Phi) is 6.82. The Labute approximate surface area is 192 Å². The summed E-state index contributed by atoms with van der Waals surface area (Å²) in [7, 11) is 0. The molecule has 2 heterocycles. The fraction of sp³-hybridized carbons (Fsp3) is 0.308. The van der Waals surface area contributed by atoms with Crippen LogP contribution in [-0.2, 0) is 13.1 Å². The van der Waals surface area contributed by atoms with Crippen LogP contribution in [0.15, 0.2) is 64.8 Å². The van der Waals surface area contributed by atoms with Gasteiger partial charge in [0.2, 0.25) is 0 Å². The first-order valence-electron chi connectivity index (χ1n) is 11.0. The van der Waals surface area contributed by atoms with Crippen molar-refractivity contribution in [2.24, 2.45) is 0 Å². The van der Waals surface area contributed by atoms with Gasteiger partial charge in [-0.2, -0.15) is 0 Å². The second-order valence-corrected chi connectivity index (χ2v) is 9.28. The molecule has 0 N–H and O–H groups in total. The predicted molar refractivity (Wildman–Crippen MR) is 130 cm³/mol. The molecule has 32 heavy (non-hydrogen) atoms. The van der Waals surface area contributed by atoms with Crippen molar-refractivity contribution < 1.29 is 4.39 Å². The summed E-state index contributed by atoms with van der Waals surface area (Å²) in [5.41, 5.74) is 4.80. The number of halogens is 1. The third kappa shape index (κ3) is 4.97. The lowest BCUT2D eigenvalue weighted by Crippen LogP contribution is -2.26. The number of benzene rings is 2. The van der Waals surface area contributed by atoms with E-state index >= 15 is 0 Å². The topological polar surface area (TPSA) is 37.6 Å². The van der Waals surface area contributed by atoms with E-state index in [9.17, 15) is 9.18 Å². The van der Waals surface area contributed by atoms with Crippen LogP contribution in [0, 0.1) is 5.82 Å². The molecule has 0 amide bonds. The molecule has 166 valence electrons. The number of thiazole rings is 1. The largest absolute Gasteiger partial charge is 0.293 e. The molecule has 0 saturated carbocycles. The van der Waals surface area contributed by atoms with Gasteiger partial charge in [-0.25, -0.2) is 9.37 Å². The quantitative estimate of drug-likeness (QED) is 0.326. The molecule has 6 heteroatoms. The lowest BCUT2D eigenvalue weighted by Gasteiger charge is -2.21. The number of aromatic nitrogens is 2. The van der Waals surface area contributed by atoms with Gasteiger partial charge in [-0.15, -0.1) is 11.3 Å². The molecule has 0 saturated heterocycles. The minimum Gasteiger partial charge on any atom is -0.293 e. The van der Waals surface area contributed by atoms with Gasteiger partial charge in [-0.05, 0) is 59.8 Å². The van der Waals surface area contributed by atoms with Crippen molar-refractivity contribution in [1.82, 2.24) is 14.3 Å². The average molecular weight is 450 g/mol. The molecular weight excluding hydrogens is 421 g/mol. The van der Waals surface area contributed by atoms with Crippen LogP contribution in [0.3, 0.4) is 0 Å². The summed E-state index contributed by atoms with van der Waals surface area (Å²) in [4.78, 5) is 20.7. The van der Waals surface area contributed by atoms with E-state index in [2.05, 4.69) is 49.9 Å². The Morgan fingerprint density at radius 1 is 1.06 bits per heavy atom. The van der Waals surface area contributed by atoms with Gasteiger partial charge in [0.05, 0.1) is 11.4 Å². The molecule has 4 rings (SSSR count).